The molecule has 1 aromatic carbocycles. The molecule has 3 aromatic rings. The van der Waals surface area contributed by atoms with Gasteiger partial charge in [0.1, 0.15) is 18.3 Å². The van der Waals surface area contributed by atoms with Gasteiger partial charge < -0.3 is 14.5 Å². The van der Waals surface area contributed by atoms with Crippen LogP contribution in [-0.2, 0) is 16.1 Å². The number of amides is 2. The first kappa shape index (κ1) is 19.6. The molecule has 0 atom stereocenters. The number of hydrogen-bond donors (Lipinski definition) is 0. The van der Waals surface area contributed by atoms with Crippen LogP contribution in [0.5, 0.6) is 0 Å². The molecule has 1 fully saturated rings. The maximum atomic E-state index is 12.8. The Morgan fingerprint density at radius 1 is 1.07 bits per heavy atom. The van der Waals surface area contributed by atoms with Crippen molar-refractivity contribution in [1.29, 1.82) is 0 Å². The molecular weight excluding hydrogens is 388 g/mol. The first-order chi connectivity index (χ1) is 14.6. The summed E-state index contributed by atoms with van der Waals surface area (Å²) >= 11 is 0. The lowest BCUT2D eigenvalue weighted by atomic mass is 10.3. The topological polar surface area (TPSA) is 103 Å². The number of hydrogen-bond acceptors (Lipinski definition) is 6. The lowest BCUT2D eigenvalue weighted by molar-refractivity contribution is -0.133. The van der Waals surface area contributed by atoms with Gasteiger partial charge in [0.25, 0.3) is 5.56 Å². The van der Waals surface area contributed by atoms with Gasteiger partial charge in [0.15, 0.2) is 5.65 Å². The second-order valence-electron chi connectivity index (χ2n) is 6.87. The van der Waals surface area contributed by atoms with E-state index in [1.165, 1.54) is 17.1 Å². The van der Waals surface area contributed by atoms with Crippen LogP contribution in [0.15, 0.2) is 47.7 Å². The number of rotatable bonds is 4. The molecule has 10 heteroatoms. The van der Waals surface area contributed by atoms with Gasteiger partial charge in [-0.05, 0) is 19.1 Å². The summed E-state index contributed by atoms with van der Waals surface area (Å²) in [6.45, 7) is 3.56. The lowest BCUT2D eigenvalue weighted by Gasteiger charge is -2.34. The Hall–Kier alpha value is -3.69. The van der Waals surface area contributed by atoms with Gasteiger partial charge in [-0.25, -0.2) is 14.5 Å². The fourth-order valence-corrected chi connectivity index (χ4v) is 3.42. The molecule has 10 nitrogen and oxygen atoms in total. The molecule has 2 aromatic heterocycles. The second-order valence-corrected chi connectivity index (χ2v) is 6.87. The van der Waals surface area contributed by atoms with E-state index in [9.17, 15) is 14.4 Å². The van der Waals surface area contributed by atoms with Gasteiger partial charge in [-0.3, -0.25) is 14.2 Å². The highest BCUT2D eigenvalue weighted by molar-refractivity contribution is 5.78. The molecule has 1 aliphatic rings. The van der Waals surface area contributed by atoms with Crippen LogP contribution in [0, 0.1) is 0 Å². The zero-order valence-electron chi connectivity index (χ0n) is 16.6. The highest BCUT2D eigenvalue weighted by Crippen LogP contribution is 2.13. The summed E-state index contributed by atoms with van der Waals surface area (Å²) in [6.07, 6.45) is 2.47. The number of ether oxygens (including phenoxy) is 1. The molecule has 0 radical (unpaired) electrons. The molecule has 156 valence electrons. The third-order valence-electron chi connectivity index (χ3n) is 5.02. The van der Waals surface area contributed by atoms with E-state index in [4.69, 9.17) is 4.74 Å². The minimum atomic E-state index is -0.370. The zero-order chi connectivity index (χ0) is 21.1. The normalized spacial score (nSPS) is 14.2. The van der Waals surface area contributed by atoms with E-state index in [1.807, 2.05) is 30.3 Å². The van der Waals surface area contributed by atoms with Gasteiger partial charge >= 0.3 is 6.09 Å². The average Bonchev–Trinajstić information content (AvgIpc) is 3.21. The largest absolute Gasteiger partial charge is 0.450 e. The van der Waals surface area contributed by atoms with Crippen molar-refractivity contribution in [1.82, 2.24) is 29.1 Å². The smallest absolute Gasteiger partial charge is 0.409 e. The number of nitrogens with zero attached hydrogens (tertiary/aromatic N) is 6. The summed E-state index contributed by atoms with van der Waals surface area (Å²) in [4.78, 5) is 44.8. The number of carbonyl (C=O) groups is 2. The van der Waals surface area contributed by atoms with Crippen LogP contribution in [0.4, 0.5) is 4.79 Å². The van der Waals surface area contributed by atoms with Crippen LogP contribution in [0.3, 0.4) is 0 Å². The van der Waals surface area contributed by atoms with Crippen molar-refractivity contribution in [2.24, 2.45) is 0 Å². The summed E-state index contributed by atoms with van der Waals surface area (Å²) in [7, 11) is 0. The molecule has 3 heterocycles. The molecule has 30 heavy (non-hydrogen) atoms. The molecule has 0 saturated carbocycles. The van der Waals surface area contributed by atoms with Crippen LogP contribution in [0.25, 0.3) is 16.7 Å². The SMILES string of the molecule is CCOC(=O)N1CCN(C(=O)Cn2cnc3c(cnn3-c3ccccc3)c2=O)CC1. The Bertz CT molecular complexity index is 1120. The molecule has 4 rings (SSSR count). The first-order valence-corrected chi connectivity index (χ1v) is 9.76. The Kier molecular flexibility index (Phi) is 5.46. The Morgan fingerprint density at radius 2 is 1.77 bits per heavy atom. The summed E-state index contributed by atoms with van der Waals surface area (Å²) in [5, 5.41) is 4.62. The van der Waals surface area contributed by atoms with E-state index in [1.54, 1.807) is 21.4 Å². The van der Waals surface area contributed by atoms with Crippen molar-refractivity contribution in [3.8, 4) is 5.69 Å². The maximum Gasteiger partial charge on any atom is 0.409 e. The molecule has 0 spiro atoms. The molecule has 0 N–H and O–H groups in total. The van der Waals surface area contributed by atoms with Crippen molar-refractivity contribution in [2.45, 2.75) is 13.5 Å². The van der Waals surface area contributed by atoms with Crippen molar-refractivity contribution < 1.29 is 14.3 Å². The van der Waals surface area contributed by atoms with Gasteiger partial charge in [0, 0.05) is 26.2 Å². The van der Waals surface area contributed by atoms with Crippen molar-refractivity contribution in [2.75, 3.05) is 32.8 Å². The number of aromatic nitrogens is 4. The van der Waals surface area contributed by atoms with Gasteiger partial charge in [0.05, 0.1) is 18.5 Å². The molecule has 0 unspecified atom stereocenters. The van der Waals surface area contributed by atoms with Gasteiger partial charge in [0.2, 0.25) is 5.91 Å². The maximum absolute atomic E-state index is 12.8. The molecular formula is C20H22N6O4. The van der Waals surface area contributed by atoms with E-state index in [2.05, 4.69) is 10.1 Å². The van der Waals surface area contributed by atoms with Crippen LogP contribution in [0.1, 0.15) is 6.92 Å². The monoisotopic (exact) mass is 410 g/mol. The van der Waals surface area contributed by atoms with E-state index in [0.29, 0.717) is 43.8 Å². The summed E-state index contributed by atoms with van der Waals surface area (Å²) < 4.78 is 7.87. The summed E-state index contributed by atoms with van der Waals surface area (Å²) in [6, 6.07) is 9.40. The fraction of sp³-hybridized carbons (Fsp3) is 0.350. The van der Waals surface area contributed by atoms with E-state index in [0.717, 1.165) is 5.69 Å². The minimum Gasteiger partial charge on any atom is -0.450 e. The Labute approximate surface area is 172 Å². The molecule has 0 bridgehead atoms. The van der Waals surface area contributed by atoms with Gasteiger partial charge in [-0.15, -0.1) is 0 Å². The van der Waals surface area contributed by atoms with Crippen molar-refractivity contribution >= 4 is 23.0 Å². The predicted molar refractivity (Wildman–Crippen MR) is 108 cm³/mol. The van der Waals surface area contributed by atoms with Crippen LogP contribution in [-0.4, -0.2) is 73.9 Å². The first-order valence-electron chi connectivity index (χ1n) is 9.76. The van der Waals surface area contributed by atoms with Gasteiger partial charge in [-0.2, -0.15) is 5.10 Å². The number of fused-ring (bicyclic) bond motifs is 1. The number of benzene rings is 1. The lowest BCUT2D eigenvalue weighted by Crippen LogP contribution is -2.51. The fourth-order valence-electron chi connectivity index (χ4n) is 3.42. The van der Waals surface area contributed by atoms with E-state index < -0.39 is 0 Å². The third kappa shape index (κ3) is 3.76. The minimum absolute atomic E-state index is 0.113. The molecule has 2 amide bonds. The molecule has 0 aliphatic carbocycles. The number of carbonyl (C=O) groups excluding carboxylic acids is 2. The summed E-state index contributed by atoms with van der Waals surface area (Å²) in [5.74, 6) is -0.197. The second kappa shape index (κ2) is 8.36. The van der Waals surface area contributed by atoms with Crippen LogP contribution in [0.2, 0.25) is 0 Å². The Balaban J connectivity index is 1.47. The van der Waals surface area contributed by atoms with Crippen molar-refractivity contribution in [3.05, 3.63) is 53.2 Å². The zero-order valence-corrected chi connectivity index (χ0v) is 16.6. The number of para-hydroxylation sites is 1. The Morgan fingerprint density at radius 3 is 2.47 bits per heavy atom. The quantitative estimate of drug-likeness (QED) is 0.633. The summed E-state index contributed by atoms with van der Waals surface area (Å²) in [5.41, 5.74) is 0.923. The highest BCUT2D eigenvalue weighted by Gasteiger charge is 2.25. The van der Waals surface area contributed by atoms with Crippen LogP contribution < -0.4 is 5.56 Å². The third-order valence-corrected chi connectivity index (χ3v) is 5.02. The highest BCUT2D eigenvalue weighted by atomic mass is 16.6. The van der Waals surface area contributed by atoms with Crippen LogP contribution >= 0.6 is 0 Å². The van der Waals surface area contributed by atoms with Crippen molar-refractivity contribution in [3.63, 3.8) is 0 Å². The molecule has 1 saturated heterocycles. The molecule has 1 aliphatic heterocycles. The standard InChI is InChI=1S/C20H22N6O4/c1-2-30-20(29)24-10-8-23(9-11-24)17(27)13-25-14-21-18-16(19(25)28)12-22-26(18)15-6-4-3-5-7-15/h3-7,12,14H,2,8-11,13H2,1H3. The average molecular weight is 410 g/mol. The van der Waals surface area contributed by atoms with E-state index in [-0.39, 0.29) is 24.1 Å². The predicted octanol–water partition coefficient (Wildman–Crippen LogP) is 0.883. The van der Waals surface area contributed by atoms with Gasteiger partial charge in [-0.1, -0.05) is 18.2 Å². The van der Waals surface area contributed by atoms with E-state index >= 15 is 0 Å². The number of piperazine rings is 1.